The summed E-state index contributed by atoms with van der Waals surface area (Å²) in [5.74, 6) is 0.310. The second-order valence-electron chi connectivity index (χ2n) is 5.25. The molecule has 1 aliphatic rings. The molecule has 0 aliphatic carbocycles. The van der Waals surface area contributed by atoms with Crippen molar-refractivity contribution < 1.29 is 9.53 Å². The Hall–Kier alpha value is -0.940. The molecular weight excluding hydrogens is 377 g/mol. The van der Waals surface area contributed by atoms with Crippen molar-refractivity contribution in [2.75, 3.05) is 13.2 Å². The first kappa shape index (κ1) is 16.9. The van der Waals surface area contributed by atoms with Gasteiger partial charge in [-0.3, -0.25) is 4.79 Å². The Morgan fingerprint density at radius 2 is 2.04 bits per heavy atom. The number of thiophene rings is 1. The lowest BCUT2D eigenvalue weighted by atomic mass is 10.2. The van der Waals surface area contributed by atoms with E-state index in [2.05, 4.69) is 6.07 Å². The molecule has 3 rings (SSSR count). The van der Waals surface area contributed by atoms with Crippen LogP contribution in [0.15, 0.2) is 29.6 Å². The van der Waals surface area contributed by atoms with Gasteiger partial charge in [0.05, 0.1) is 21.1 Å². The highest BCUT2D eigenvalue weighted by atomic mass is 35.5. The summed E-state index contributed by atoms with van der Waals surface area (Å²) >= 11 is 19.6. The summed E-state index contributed by atoms with van der Waals surface area (Å²) in [5, 5.41) is 3.06. The summed E-state index contributed by atoms with van der Waals surface area (Å²) in [5.41, 5.74) is 0. The summed E-state index contributed by atoms with van der Waals surface area (Å²) in [6, 6.07) is 7.26. The van der Waals surface area contributed by atoms with E-state index in [9.17, 15) is 4.79 Å². The molecule has 0 bridgehead atoms. The van der Waals surface area contributed by atoms with E-state index >= 15 is 0 Å². The molecule has 1 aromatic heterocycles. The number of nitrogens with zero attached hydrogens (tertiary/aromatic N) is 1. The molecule has 0 unspecified atom stereocenters. The minimum absolute atomic E-state index is 0.0527. The van der Waals surface area contributed by atoms with Gasteiger partial charge in [-0.05, 0) is 30.4 Å². The topological polar surface area (TPSA) is 29.5 Å². The molecule has 1 aromatic carbocycles. The van der Waals surface area contributed by atoms with E-state index in [0.717, 1.165) is 19.4 Å². The van der Waals surface area contributed by atoms with Gasteiger partial charge in [0.1, 0.15) is 5.75 Å². The number of carbonyl (C=O) groups is 1. The molecule has 7 heteroatoms. The third-order valence-electron chi connectivity index (χ3n) is 3.77. The van der Waals surface area contributed by atoms with Crippen LogP contribution < -0.4 is 4.74 Å². The van der Waals surface area contributed by atoms with Crippen LogP contribution in [0.3, 0.4) is 0 Å². The average Bonchev–Trinajstić information content (AvgIpc) is 3.19. The van der Waals surface area contributed by atoms with E-state index in [1.54, 1.807) is 11.3 Å². The molecule has 1 aliphatic heterocycles. The highest BCUT2D eigenvalue weighted by Gasteiger charge is 2.30. The van der Waals surface area contributed by atoms with Crippen LogP contribution in [0.1, 0.15) is 23.8 Å². The fourth-order valence-corrected chi connectivity index (χ4v) is 4.14. The Morgan fingerprint density at radius 1 is 1.26 bits per heavy atom. The lowest BCUT2D eigenvalue weighted by Gasteiger charge is -2.24. The second-order valence-corrected chi connectivity index (χ2v) is 7.45. The first-order valence-corrected chi connectivity index (χ1v) is 9.18. The van der Waals surface area contributed by atoms with Crippen molar-refractivity contribution in [1.29, 1.82) is 0 Å². The molecule has 3 nitrogen and oxygen atoms in total. The Labute approximate surface area is 153 Å². The van der Waals surface area contributed by atoms with Gasteiger partial charge in [0, 0.05) is 17.5 Å². The van der Waals surface area contributed by atoms with Gasteiger partial charge in [-0.2, -0.15) is 0 Å². The first-order chi connectivity index (χ1) is 11.1. The number of hydrogen-bond acceptors (Lipinski definition) is 3. The first-order valence-electron chi connectivity index (χ1n) is 7.16. The zero-order valence-corrected chi connectivity index (χ0v) is 15.2. The SMILES string of the molecule is O=C(COc1cc(Cl)c(Cl)cc1Cl)N1CCC[C@H]1c1cccs1. The standard InChI is InChI=1S/C16H14Cl3NO2S/c17-10-7-12(19)14(8-11(10)18)22-9-16(21)20-5-1-3-13(20)15-4-2-6-23-15/h2,4,6-8,13H,1,3,5,9H2/t13-/m0/s1. The van der Waals surface area contributed by atoms with E-state index < -0.39 is 0 Å². The number of rotatable bonds is 4. The van der Waals surface area contributed by atoms with Crippen molar-refractivity contribution in [1.82, 2.24) is 4.90 Å². The Balaban J connectivity index is 1.66. The van der Waals surface area contributed by atoms with Crippen LogP contribution >= 0.6 is 46.1 Å². The summed E-state index contributed by atoms with van der Waals surface area (Å²) in [4.78, 5) is 15.6. The van der Waals surface area contributed by atoms with E-state index in [1.807, 2.05) is 16.3 Å². The van der Waals surface area contributed by atoms with Crippen LogP contribution in [0.25, 0.3) is 0 Å². The van der Waals surface area contributed by atoms with Gasteiger partial charge in [-0.25, -0.2) is 0 Å². The number of halogens is 3. The highest BCUT2D eigenvalue weighted by Crippen LogP contribution is 2.36. The van der Waals surface area contributed by atoms with Crippen LogP contribution in [0.4, 0.5) is 0 Å². The minimum Gasteiger partial charge on any atom is -0.482 e. The zero-order chi connectivity index (χ0) is 16.4. The molecule has 2 aromatic rings. The number of amides is 1. The van der Waals surface area contributed by atoms with E-state index in [1.165, 1.54) is 17.0 Å². The monoisotopic (exact) mass is 389 g/mol. The normalized spacial score (nSPS) is 17.5. The molecular formula is C16H14Cl3NO2S. The van der Waals surface area contributed by atoms with Gasteiger partial charge in [0.2, 0.25) is 0 Å². The molecule has 2 heterocycles. The fourth-order valence-electron chi connectivity index (χ4n) is 2.68. The smallest absolute Gasteiger partial charge is 0.261 e. The van der Waals surface area contributed by atoms with Crippen molar-refractivity contribution >= 4 is 52.0 Å². The van der Waals surface area contributed by atoms with Crippen molar-refractivity contribution in [3.05, 3.63) is 49.6 Å². The van der Waals surface area contributed by atoms with Gasteiger partial charge in [0.15, 0.2) is 6.61 Å². The Bertz CT molecular complexity index is 706. The average molecular weight is 391 g/mol. The molecule has 1 atom stereocenters. The number of carbonyl (C=O) groups excluding carboxylic acids is 1. The Morgan fingerprint density at radius 3 is 2.78 bits per heavy atom. The number of benzene rings is 1. The fraction of sp³-hybridized carbons (Fsp3) is 0.312. The molecule has 1 fully saturated rings. The van der Waals surface area contributed by atoms with Crippen LogP contribution in [0, 0.1) is 0 Å². The third kappa shape index (κ3) is 3.77. The van der Waals surface area contributed by atoms with Crippen LogP contribution in [0.5, 0.6) is 5.75 Å². The quantitative estimate of drug-likeness (QED) is 0.650. The lowest BCUT2D eigenvalue weighted by molar-refractivity contribution is -0.134. The van der Waals surface area contributed by atoms with Gasteiger partial charge >= 0.3 is 0 Å². The lowest BCUT2D eigenvalue weighted by Crippen LogP contribution is -2.34. The maximum absolute atomic E-state index is 12.5. The predicted molar refractivity (Wildman–Crippen MR) is 95.0 cm³/mol. The second kappa shape index (κ2) is 7.31. The molecule has 23 heavy (non-hydrogen) atoms. The highest BCUT2D eigenvalue weighted by molar-refractivity contribution is 7.10. The summed E-state index contributed by atoms with van der Waals surface area (Å²) in [6.07, 6.45) is 1.99. The number of likely N-dealkylation sites (tertiary alicyclic amines) is 1. The maximum Gasteiger partial charge on any atom is 0.261 e. The van der Waals surface area contributed by atoms with Crippen molar-refractivity contribution in [3.8, 4) is 5.75 Å². The zero-order valence-electron chi connectivity index (χ0n) is 12.1. The van der Waals surface area contributed by atoms with Crippen LogP contribution in [-0.2, 0) is 4.79 Å². The van der Waals surface area contributed by atoms with Crippen molar-refractivity contribution in [2.24, 2.45) is 0 Å². The van der Waals surface area contributed by atoms with E-state index in [4.69, 9.17) is 39.5 Å². The molecule has 1 saturated heterocycles. The van der Waals surface area contributed by atoms with Crippen LogP contribution in [0.2, 0.25) is 15.1 Å². The van der Waals surface area contributed by atoms with Crippen molar-refractivity contribution in [3.63, 3.8) is 0 Å². The molecule has 0 spiro atoms. The predicted octanol–water partition coefficient (Wildman–Crippen LogP) is 5.45. The van der Waals surface area contributed by atoms with Gasteiger partial charge in [-0.1, -0.05) is 40.9 Å². The van der Waals surface area contributed by atoms with Gasteiger partial charge in [0.25, 0.3) is 5.91 Å². The molecule has 1 amide bonds. The largest absolute Gasteiger partial charge is 0.482 e. The summed E-state index contributed by atoms with van der Waals surface area (Å²) in [7, 11) is 0. The van der Waals surface area contributed by atoms with E-state index in [0.29, 0.717) is 20.8 Å². The van der Waals surface area contributed by atoms with Crippen molar-refractivity contribution in [2.45, 2.75) is 18.9 Å². The Kier molecular flexibility index (Phi) is 5.37. The molecule has 0 N–H and O–H groups in total. The summed E-state index contributed by atoms with van der Waals surface area (Å²) < 4.78 is 5.55. The van der Waals surface area contributed by atoms with Gasteiger partial charge < -0.3 is 9.64 Å². The molecule has 0 saturated carbocycles. The maximum atomic E-state index is 12.5. The molecule has 0 radical (unpaired) electrons. The van der Waals surface area contributed by atoms with Gasteiger partial charge in [-0.15, -0.1) is 11.3 Å². The van der Waals surface area contributed by atoms with E-state index in [-0.39, 0.29) is 18.6 Å². The minimum atomic E-state index is -0.0699. The number of hydrogen-bond donors (Lipinski definition) is 0. The van der Waals surface area contributed by atoms with Crippen LogP contribution in [-0.4, -0.2) is 24.0 Å². The molecule has 122 valence electrons. The third-order valence-corrected chi connectivity index (χ3v) is 5.76. The summed E-state index contributed by atoms with van der Waals surface area (Å²) in [6.45, 7) is 0.680. The number of ether oxygens (including phenoxy) is 1.